The molecule has 0 unspecified atom stereocenters. The number of fused-ring (bicyclic) bond motifs is 1. The van der Waals surface area contributed by atoms with E-state index in [2.05, 4.69) is 41.6 Å². The molecule has 0 radical (unpaired) electrons. The third kappa shape index (κ3) is 4.69. The van der Waals surface area contributed by atoms with Crippen LogP contribution in [0.3, 0.4) is 0 Å². The second kappa shape index (κ2) is 8.80. The monoisotopic (exact) mass is 394 g/mol. The van der Waals surface area contributed by atoms with Crippen LogP contribution in [-0.2, 0) is 13.1 Å². The summed E-state index contributed by atoms with van der Waals surface area (Å²) in [6.45, 7) is 3.98. The van der Waals surface area contributed by atoms with Gasteiger partial charge in [-0.3, -0.25) is 14.3 Å². The molecule has 1 aliphatic carbocycles. The quantitative estimate of drug-likeness (QED) is 0.804. The number of aromatic nitrogens is 2. The van der Waals surface area contributed by atoms with Crippen LogP contribution in [0, 0.1) is 6.92 Å². The van der Waals surface area contributed by atoms with E-state index in [9.17, 15) is 9.59 Å². The van der Waals surface area contributed by atoms with Crippen molar-refractivity contribution >= 4 is 11.8 Å². The highest BCUT2D eigenvalue weighted by atomic mass is 16.2. The number of hydrogen-bond acceptors (Lipinski definition) is 3. The Morgan fingerprint density at radius 1 is 1.07 bits per heavy atom. The fourth-order valence-corrected chi connectivity index (χ4v) is 4.29. The lowest BCUT2D eigenvalue weighted by Crippen LogP contribution is -2.34. The summed E-state index contributed by atoms with van der Waals surface area (Å²) in [6, 6.07) is 10.2. The SMILES string of the molecule is Cc1ccc(CN2CCCn3nc(C(=O)NC4CCCCCC4)cc3C2=O)cc1. The van der Waals surface area contributed by atoms with Gasteiger partial charge in [-0.2, -0.15) is 5.10 Å². The first-order valence-corrected chi connectivity index (χ1v) is 10.8. The molecule has 6 nitrogen and oxygen atoms in total. The molecule has 0 bridgehead atoms. The van der Waals surface area contributed by atoms with Crippen LogP contribution in [0.15, 0.2) is 30.3 Å². The second-order valence-corrected chi connectivity index (χ2v) is 8.37. The molecular formula is C23H30N4O2. The summed E-state index contributed by atoms with van der Waals surface area (Å²) < 4.78 is 1.71. The summed E-state index contributed by atoms with van der Waals surface area (Å²) in [5.74, 6) is -0.209. The van der Waals surface area contributed by atoms with E-state index in [0.717, 1.165) is 37.7 Å². The van der Waals surface area contributed by atoms with Gasteiger partial charge in [-0.05, 0) is 31.7 Å². The maximum absolute atomic E-state index is 13.1. The third-order valence-corrected chi connectivity index (χ3v) is 6.00. The van der Waals surface area contributed by atoms with Gasteiger partial charge in [-0.15, -0.1) is 0 Å². The van der Waals surface area contributed by atoms with Gasteiger partial charge in [0.15, 0.2) is 5.69 Å². The van der Waals surface area contributed by atoms with Crippen LogP contribution < -0.4 is 5.32 Å². The van der Waals surface area contributed by atoms with Gasteiger partial charge in [0.05, 0.1) is 0 Å². The average Bonchev–Trinajstić information content (AvgIpc) is 2.89. The number of carbonyl (C=O) groups is 2. The Morgan fingerprint density at radius 2 is 1.79 bits per heavy atom. The number of benzene rings is 1. The highest BCUT2D eigenvalue weighted by molar-refractivity contribution is 5.98. The molecule has 1 N–H and O–H groups in total. The molecule has 0 spiro atoms. The minimum absolute atomic E-state index is 0.0518. The Labute approximate surface area is 172 Å². The van der Waals surface area contributed by atoms with Crippen LogP contribution in [0.5, 0.6) is 0 Å². The molecule has 2 aromatic rings. The number of carbonyl (C=O) groups excluding carboxylic acids is 2. The van der Waals surface area contributed by atoms with Gasteiger partial charge in [-0.25, -0.2) is 0 Å². The third-order valence-electron chi connectivity index (χ3n) is 6.00. The average molecular weight is 395 g/mol. The van der Waals surface area contributed by atoms with Crippen molar-refractivity contribution in [3.63, 3.8) is 0 Å². The molecule has 154 valence electrons. The summed E-state index contributed by atoms with van der Waals surface area (Å²) in [4.78, 5) is 27.7. The summed E-state index contributed by atoms with van der Waals surface area (Å²) in [5, 5.41) is 7.59. The van der Waals surface area contributed by atoms with Gasteiger partial charge < -0.3 is 10.2 Å². The molecule has 29 heavy (non-hydrogen) atoms. The van der Waals surface area contributed by atoms with Gasteiger partial charge in [0.1, 0.15) is 5.69 Å². The molecule has 2 aliphatic rings. The molecule has 1 saturated carbocycles. The van der Waals surface area contributed by atoms with Crippen LogP contribution in [0.1, 0.15) is 77.0 Å². The topological polar surface area (TPSA) is 67.2 Å². The predicted molar refractivity (Wildman–Crippen MR) is 112 cm³/mol. The van der Waals surface area contributed by atoms with Crippen LogP contribution in [0.25, 0.3) is 0 Å². The normalized spacial score (nSPS) is 18.1. The van der Waals surface area contributed by atoms with Crippen LogP contribution in [0.4, 0.5) is 0 Å². The van der Waals surface area contributed by atoms with Gasteiger partial charge in [0, 0.05) is 31.7 Å². The van der Waals surface area contributed by atoms with E-state index in [4.69, 9.17) is 0 Å². The van der Waals surface area contributed by atoms with E-state index in [1.165, 1.54) is 18.4 Å². The van der Waals surface area contributed by atoms with Crippen molar-refractivity contribution in [2.75, 3.05) is 6.54 Å². The Hall–Kier alpha value is -2.63. The Kier molecular flexibility index (Phi) is 5.97. The number of hydrogen-bond donors (Lipinski definition) is 1. The zero-order valence-corrected chi connectivity index (χ0v) is 17.2. The first kappa shape index (κ1) is 19.7. The maximum atomic E-state index is 13.1. The van der Waals surface area contributed by atoms with Crippen molar-refractivity contribution in [1.82, 2.24) is 20.0 Å². The molecule has 1 aromatic carbocycles. The fraction of sp³-hybridized carbons (Fsp3) is 0.522. The highest BCUT2D eigenvalue weighted by Crippen LogP contribution is 2.19. The predicted octanol–water partition coefficient (Wildman–Crippen LogP) is 3.69. The Morgan fingerprint density at radius 3 is 2.52 bits per heavy atom. The summed E-state index contributed by atoms with van der Waals surface area (Å²) in [7, 11) is 0. The lowest BCUT2D eigenvalue weighted by atomic mass is 10.1. The van der Waals surface area contributed by atoms with Gasteiger partial charge >= 0.3 is 0 Å². The van der Waals surface area contributed by atoms with E-state index in [1.807, 2.05) is 4.90 Å². The second-order valence-electron chi connectivity index (χ2n) is 8.37. The lowest BCUT2D eigenvalue weighted by molar-refractivity contribution is 0.0745. The lowest BCUT2D eigenvalue weighted by Gasteiger charge is -2.20. The van der Waals surface area contributed by atoms with Crippen molar-refractivity contribution in [3.05, 3.63) is 52.8 Å². The largest absolute Gasteiger partial charge is 0.348 e. The van der Waals surface area contributed by atoms with E-state index < -0.39 is 0 Å². The standard InChI is InChI=1S/C23H30N4O2/c1-17-9-11-18(12-10-17)16-26-13-6-14-27-21(23(26)29)15-20(25-27)22(28)24-19-7-4-2-3-5-8-19/h9-12,15,19H,2-8,13-14,16H2,1H3,(H,24,28). The van der Waals surface area contributed by atoms with Crippen molar-refractivity contribution in [2.45, 2.75) is 71.0 Å². The summed E-state index contributed by atoms with van der Waals surface area (Å²) in [6.07, 6.45) is 7.71. The molecule has 4 rings (SSSR count). The van der Waals surface area contributed by atoms with E-state index in [-0.39, 0.29) is 17.9 Å². The highest BCUT2D eigenvalue weighted by Gasteiger charge is 2.27. The van der Waals surface area contributed by atoms with Crippen molar-refractivity contribution in [2.24, 2.45) is 0 Å². The van der Waals surface area contributed by atoms with Crippen molar-refractivity contribution in [3.8, 4) is 0 Å². The zero-order valence-electron chi connectivity index (χ0n) is 17.2. The molecule has 1 aromatic heterocycles. The van der Waals surface area contributed by atoms with E-state index >= 15 is 0 Å². The molecule has 2 amide bonds. The number of nitrogens with zero attached hydrogens (tertiary/aromatic N) is 3. The van der Waals surface area contributed by atoms with Crippen molar-refractivity contribution < 1.29 is 9.59 Å². The first-order valence-electron chi connectivity index (χ1n) is 10.8. The summed E-state index contributed by atoms with van der Waals surface area (Å²) in [5.41, 5.74) is 3.19. The molecule has 0 saturated heterocycles. The maximum Gasteiger partial charge on any atom is 0.272 e. The summed E-state index contributed by atoms with van der Waals surface area (Å²) >= 11 is 0. The smallest absolute Gasteiger partial charge is 0.272 e. The van der Waals surface area contributed by atoms with E-state index in [1.54, 1.807) is 10.7 Å². The molecule has 1 aliphatic heterocycles. The molecular weight excluding hydrogens is 364 g/mol. The molecule has 1 fully saturated rings. The van der Waals surface area contributed by atoms with Gasteiger partial charge in [-0.1, -0.05) is 55.5 Å². The first-order chi connectivity index (χ1) is 14.1. The number of aryl methyl sites for hydroxylation is 2. The van der Waals surface area contributed by atoms with E-state index in [0.29, 0.717) is 31.0 Å². The van der Waals surface area contributed by atoms with Crippen LogP contribution >= 0.6 is 0 Å². The van der Waals surface area contributed by atoms with Crippen molar-refractivity contribution in [1.29, 1.82) is 0 Å². The molecule has 2 heterocycles. The Bertz CT molecular complexity index is 864. The Balaban J connectivity index is 1.47. The number of amides is 2. The minimum Gasteiger partial charge on any atom is -0.348 e. The minimum atomic E-state index is -0.157. The molecule has 0 atom stereocenters. The van der Waals surface area contributed by atoms with Gasteiger partial charge in [0.25, 0.3) is 11.8 Å². The van der Waals surface area contributed by atoms with Gasteiger partial charge in [0.2, 0.25) is 0 Å². The van der Waals surface area contributed by atoms with Crippen LogP contribution in [0.2, 0.25) is 0 Å². The molecule has 6 heteroatoms. The fourth-order valence-electron chi connectivity index (χ4n) is 4.29. The number of rotatable bonds is 4. The van der Waals surface area contributed by atoms with Crippen LogP contribution in [-0.4, -0.2) is 39.1 Å². The number of nitrogens with one attached hydrogen (secondary N) is 1. The zero-order chi connectivity index (χ0) is 20.2.